The normalized spacial score (nSPS) is 13.6. The van der Waals surface area contributed by atoms with Gasteiger partial charge >= 0.3 is 0 Å². The van der Waals surface area contributed by atoms with Gasteiger partial charge in [-0.15, -0.1) is 0 Å². The fraction of sp³-hybridized carbons (Fsp3) is 0.571. The zero-order valence-corrected chi connectivity index (χ0v) is 10.7. The Bertz CT molecular complexity index is 326. The lowest BCUT2D eigenvalue weighted by Crippen LogP contribution is -2.13. The fourth-order valence-electron chi connectivity index (χ4n) is 1.59. The van der Waals surface area contributed by atoms with Gasteiger partial charge in [0, 0.05) is 17.8 Å². The van der Waals surface area contributed by atoms with Crippen molar-refractivity contribution in [3.05, 3.63) is 29.8 Å². The average molecular weight is 221 g/mol. The van der Waals surface area contributed by atoms with E-state index in [-0.39, 0.29) is 0 Å². The molecule has 0 spiro atoms. The molecule has 0 bridgehead atoms. The second kappa shape index (κ2) is 5.35. The van der Waals surface area contributed by atoms with Gasteiger partial charge in [-0.1, -0.05) is 39.0 Å². The Morgan fingerprint density at radius 2 is 1.88 bits per heavy atom. The van der Waals surface area contributed by atoms with Gasteiger partial charge in [-0.3, -0.25) is 0 Å². The molecule has 0 heterocycles. The Morgan fingerprint density at radius 1 is 1.25 bits per heavy atom. The number of aliphatic hydroxyl groups excluding tert-OH is 1. The lowest BCUT2D eigenvalue weighted by Gasteiger charge is -2.20. The van der Waals surface area contributed by atoms with Crippen molar-refractivity contribution < 1.29 is 5.11 Å². The highest BCUT2D eigenvalue weighted by Gasteiger charge is 2.10. The Kier molecular flexibility index (Phi) is 4.36. The lowest BCUT2D eigenvalue weighted by molar-refractivity contribution is 0.200. The Morgan fingerprint density at radius 3 is 2.44 bits per heavy atom. The summed E-state index contributed by atoms with van der Waals surface area (Å²) < 4.78 is 0. The van der Waals surface area contributed by atoms with E-state index < -0.39 is 6.10 Å². The summed E-state index contributed by atoms with van der Waals surface area (Å²) in [5, 5.41) is 13.0. The van der Waals surface area contributed by atoms with Gasteiger partial charge in [0.15, 0.2) is 0 Å². The summed E-state index contributed by atoms with van der Waals surface area (Å²) in [4.78, 5) is 0. The van der Waals surface area contributed by atoms with Crippen LogP contribution in [-0.2, 0) is 0 Å². The van der Waals surface area contributed by atoms with E-state index in [1.165, 1.54) is 0 Å². The van der Waals surface area contributed by atoms with Gasteiger partial charge in [-0.05, 0) is 24.8 Å². The summed E-state index contributed by atoms with van der Waals surface area (Å²) in [6, 6.07) is 7.93. The summed E-state index contributed by atoms with van der Waals surface area (Å²) in [5.41, 5.74) is 2.35. The molecule has 1 aromatic carbocycles. The van der Waals surface area contributed by atoms with Crippen LogP contribution in [-0.4, -0.2) is 11.7 Å². The van der Waals surface area contributed by atoms with Gasteiger partial charge in [0.25, 0.3) is 0 Å². The number of nitrogens with one attached hydrogen (secondary N) is 1. The van der Waals surface area contributed by atoms with E-state index in [2.05, 4.69) is 26.1 Å². The van der Waals surface area contributed by atoms with E-state index >= 15 is 0 Å². The van der Waals surface area contributed by atoms with Crippen molar-refractivity contribution in [2.45, 2.75) is 40.2 Å². The minimum atomic E-state index is -0.418. The maximum Gasteiger partial charge on any atom is 0.0781 e. The van der Waals surface area contributed by atoms with Gasteiger partial charge in [-0.2, -0.15) is 0 Å². The molecule has 2 N–H and O–H groups in total. The highest BCUT2D eigenvalue weighted by molar-refractivity contribution is 5.51. The molecule has 16 heavy (non-hydrogen) atoms. The third kappa shape index (κ3) is 4.23. The Hall–Kier alpha value is -1.02. The molecule has 0 saturated heterocycles. The van der Waals surface area contributed by atoms with E-state index in [0.717, 1.165) is 24.2 Å². The van der Waals surface area contributed by atoms with E-state index in [9.17, 15) is 5.11 Å². The minimum Gasteiger partial charge on any atom is -0.389 e. The first kappa shape index (κ1) is 13.0. The molecule has 0 aliphatic heterocycles. The monoisotopic (exact) mass is 221 g/mol. The number of para-hydroxylation sites is 1. The van der Waals surface area contributed by atoms with Crippen LogP contribution in [0.4, 0.5) is 5.69 Å². The Labute approximate surface area is 98.7 Å². The molecule has 1 unspecified atom stereocenters. The van der Waals surface area contributed by atoms with Crippen molar-refractivity contribution >= 4 is 5.69 Å². The van der Waals surface area contributed by atoms with Crippen LogP contribution in [0.2, 0.25) is 0 Å². The number of hydrogen-bond acceptors (Lipinski definition) is 2. The van der Waals surface area contributed by atoms with Crippen LogP contribution in [0.3, 0.4) is 0 Å². The molecular weight excluding hydrogens is 198 g/mol. The second-order valence-electron chi connectivity index (χ2n) is 5.50. The first-order chi connectivity index (χ1) is 7.40. The number of aliphatic hydroxyl groups is 1. The van der Waals surface area contributed by atoms with E-state index in [1.54, 1.807) is 6.92 Å². The highest BCUT2D eigenvalue weighted by atomic mass is 16.3. The topological polar surface area (TPSA) is 32.3 Å². The predicted octanol–water partition coefficient (Wildman–Crippen LogP) is 3.59. The standard InChI is InChI=1S/C14H23NO/c1-11(16)12-7-5-6-8-13(12)15-10-9-14(2,3)4/h5-8,11,15-16H,9-10H2,1-4H3. The van der Waals surface area contributed by atoms with E-state index in [4.69, 9.17) is 0 Å². The van der Waals surface area contributed by atoms with Crippen LogP contribution in [0.25, 0.3) is 0 Å². The zero-order valence-electron chi connectivity index (χ0n) is 10.7. The maximum atomic E-state index is 9.62. The van der Waals surface area contributed by atoms with Crippen LogP contribution in [0.15, 0.2) is 24.3 Å². The van der Waals surface area contributed by atoms with Gasteiger partial charge in [0.1, 0.15) is 0 Å². The predicted molar refractivity (Wildman–Crippen MR) is 69.6 cm³/mol. The number of benzene rings is 1. The van der Waals surface area contributed by atoms with Crippen LogP contribution >= 0.6 is 0 Å². The largest absolute Gasteiger partial charge is 0.389 e. The van der Waals surface area contributed by atoms with Gasteiger partial charge < -0.3 is 10.4 Å². The lowest BCUT2D eigenvalue weighted by atomic mass is 9.92. The first-order valence-corrected chi connectivity index (χ1v) is 5.91. The van der Waals surface area contributed by atoms with Crippen molar-refractivity contribution in [2.24, 2.45) is 5.41 Å². The quantitative estimate of drug-likeness (QED) is 0.814. The number of anilines is 1. The van der Waals surface area contributed by atoms with Crippen LogP contribution in [0.5, 0.6) is 0 Å². The molecule has 0 aromatic heterocycles. The molecule has 0 fully saturated rings. The molecule has 1 aromatic rings. The SMILES string of the molecule is CC(O)c1ccccc1NCCC(C)(C)C. The van der Waals surface area contributed by atoms with Crippen molar-refractivity contribution in [3.8, 4) is 0 Å². The van der Waals surface area contributed by atoms with Crippen LogP contribution in [0.1, 0.15) is 45.8 Å². The van der Waals surface area contributed by atoms with Gasteiger partial charge in [-0.25, -0.2) is 0 Å². The van der Waals surface area contributed by atoms with Gasteiger partial charge in [0.05, 0.1) is 6.10 Å². The molecule has 0 saturated carbocycles. The molecular formula is C14H23NO. The third-order valence-electron chi connectivity index (χ3n) is 2.60. The van der Waals surface area contributed by atoms with E-state index in [1.807, 2.05) is 24.3 Å². The summed E-state index contributed by atoms with van der Waals surface area (Å²) in [6.07, 6.45) is 0.694. The van der Waals surface area contributed by atoms with E-state index in [0.29, 0.717) is 5.41 Å². The fourth-order valence-corrected chi connectivity index (χ4v) is 1.59. The summed E-state index contributed by atoms with van der Waals surface area (Å²) in [6.45, 7) is 9.43. The number of rotatable bonds is 4. The van der Waals surface area contributed by atoms with Crippen LogP contribution in [0, 0.1) is 5.41 Å². The summed E-state index contributed by atoms with van der Waals surface area (Å²) >= 11 is 0. The van der Waals surface area contributed by atoms with Crippen molar-refractivity contribution in [1.82, 2.24) is 0 Å². The molecule has 0 aliphatic rings. The third-order valence-corrected chi connectivity index (χ3v) is 2.60. The second-order valence-corrected chi connectivity index (χ2v) is 5.50. The van der Waals surface area contributed by atoms with Crippen molar-refractivity contribution in [2.75, 3.05) is 11.9 Å². The summed E-state index contributed by atoms with van der Waals surface area (Å²) in [5.74, 6) is 0. The molecule has 0 radical (unpaired) electrons. The molecule has 0 aliphatic carbocycles. The molecule has 0 amide bonds. The van der Waals surface area contributed by atoms with Crippen LogP contribution < -0.4 is 5.32 Å². The molecule has 1 rings (SSSR count). The zero-order chi connectivity index (χ0) is 12.2. The first-order valence-electron chi connectivity index (χ1n) is 5.91. The molecule has 2 nitrogen and oxygen atoms in total. The van der Waals surface area contributed by atoms with Gasteiger partial charge in [0.2, 0.25) is 0 Å². The van der Waals surface area contributed by atoms with Crippen molar-refractivity contribution in [1.29, 1.82) is 0 Å². The minimum absolute atomic E-state index is 0.340. The number of hydrogen-bond donors (Lipinski definition) is 2. The van der Waals surface area contributed by atoms with Crippen molar-refractivity contribution in [3.63, 3.8) is 0 Å². The molecule has 90 valence electrons. The maximum absolute atomic E-state index is 9.62. The smallest absolute Gasteiger partial charge is 0.0781 e. The highest BCUT2D eigenvalue weighted by Crippen LogP contribution is 2.23. The Balaban J connectivity index is 2.60. The summed E-state index contributed by atoms with van der Waals surface area (Å²) in [7, 11) is 0. The molecule has 1 atom stereocenters. The molecule has 2 heteroatoms. The average Bonchev–Trinajstić information content (AvgIpc) is 2.16.